The molecule has 0 radical (unpaired) electrons. The highest BCUT2D eigenvalue weighted by Gasteiger charge is 2.60. The molecule has 2 fully saturated rings. The highest BCUT2D eigenvalue weighted by molar-refractivity contribution is 8.03. The van der Waals surface area contributed by atoms with Gasteiger partial charge in [-0.05, 0) is 49.2 Å². The minimum atomic E-state index is -1.22. The van der Waals surface area contributed by atoms with Crippen molar-refractivity contribution in [2.75, 3.05) is 11.9 Å². The minimum absolute atomic E-state index is 0.0239. The summed E-state index contributed by atoms with van der Waals surface area (Å²) >= 11 is 1.33. The first-order valence-electron chi connectivity index (χ1n) is 13.8. The summed E-state index contributed by atoms with van der Waals surface area (Å²) in [5.74, 6) is -4.71. The number of aliphatic hydroxyl groups excluding tert-OH is 1. The zero-order valence-corrected chi connectivity index (χ0v) is 24.3. The van der Waals surface area contributed by atoms with Gasteiger partial charge in [-0.2, -0.15) is 0 Å². The second-order valence-corrected chi connectivity index (χ2v) is 12.5. The normalized spacial score (nSPS) is 25.7. The number of aliphatic carboxylic acids is 1. The number of rotatable bonds is 10. The van der Waals surface area contributed by atoms with Crippen LogP contribution < -0.4 is 11.1 Å². The average molecular weight is 609 g/mol. The van der Waals surface area contributed by atoms with Gasteiger partial charge in [0.25, 0.3) is 0 Å². The Labute approximate surface area is 251 Å². The van der Waals surface area contributed by atoms with Crippen LogP contribution in [0, 0.1) is 11.8 Å². The summed E-state index contributed by atoms with van der Waals surface area (Å²) in [4.78, 5) is 65.6. The largest absolute Gasteiger partial charge is 0.478 e. The van der Waals surface area contributed by atoms with Gasteiger partial charge in [-0.15, -0.1) is 11.8 Å². The number of nitrogens with one attached hydrogen (secondary N) is 1. The average Bonchev–Trinajstić information content (AvgIpc) is 3.45. The molecule has 13 heteroatoms. The van der Waals surface area contributed by atoms with Gasteiger partial charge in [0.05, 0.1) is 29.7 Å². The molecule has 2 aromatic carbocycles. The van der Waals surface area contributed by atoms with E-state index >= 15 is 0 Å². The molecular formula is C30H32N4O8S. The van der Waals surface area contributed by atoms with Crippen molar-refractivity contribution < 1.29 is 39.3 Å². The second kappa shape index (κ2) is 11.8. The quantitative estimate of drug-likeness (QED) is 0.249. The van der Waals surface area contributed by atoms with Crippen LogP contribution in [-0.2, 0) is 20.9 Å². The summed E-state index contributed by atoms with van der Waals surface area (Å²) in [5, 5.41) is 32.1. The molecule has 3 amide bonds. The van der Waals surface area contributed by atoms with Crippen molar-refractivity contribution in [2.24, 2.45) is 17.6 Å². The number of carbonyl (C=O) groups is 5. The molecule has 2 aromatic rings. The molecule has 12 nitrogen and oxygen atoms in total. The van der Waals surface area contributed by atoms with Crippen molar-refractivity contribution >= 4 is 47.1 Å². The van der Waals surface area contributed by atoms with E-state index in [1.54, 1.807) is 24.3 Å². The lowest BCUT2D eigenvalue weighted by molar-refractivity contribution is -0.163. The van der Waals surface area contributed by atoms with Gasteiger partial charge >= 0.3 is 11.9 Å². The van der Waals surface area contributed by atoms with Crippen LogP contribution in [0.3, 0.4) is 0 Å². The van der Waals surface area contributed by atoms with Gasteiger partial charge in [0, 0.05) is 40.4 Å². The zero-order chi connectivity index (χ0) is 31.2. The number of carboxylic acid groups (broad SMARTS) is 2. The molecule has 0 unspecified atom stereocenters. The predicted octanol–water partition coefficient (Wildman–Crippen LogP) is 1.95. The molecule has 6 N–H and O–H groups in total. The molecule has 0 spiro atoms. The van der Waals surface area contributed by atoms with Crippen LogP contribution in [0.25, 0.3) is 0 Å². The molecular weight excluding hydrogens is 576 g/mol. The number of β-lactam (4-membered cyclic amide) rings is 1. The summed E-state index contributed by atoms with van der Waals surface area (Å²) in [6.07, 6.45) is -0.576. The van der Waals surface area contributed by atoms with Crippen molar-refractivity contribution in [3.05, 3.63) is 75.8 Å². The minimum Gasteiger partial charge on any atom is -0.478 e. The van der Waals surface area contributed by atoms with Gasteiger partial charge in [0.15, 0.2) is 0 Å². The van der Waals surface area contributed by atoms with Crippen LogP contribution >= 0.6 is 11.8 Å². The van der Waals surface area contributed by atoms with E-state index in [0.29, 0.717) is 35.7 Å². The number of benzene rings is 2. The van der Waals surface area contributed by atoms with Crippen molar-refractivity contribution in [2.45, 2.75) is 50.3 Å². The summed E-state index contributed by atoms with van der Waals surface area (Å²) < 4.78 is 0. The SMILES string of the molecule is C[C@@H](O)[C@H]1C(=O)N2C(C(=O)O)=C(S[C@H]3C[C@@H](C(=O)Nc4cccc(C(=O)O)c4)N(Cc4cccc(C(N)=O)c4)C3)[C@H](C)[C@H]12. The molecule has 3 aliphatic heterocycles. The Morgan fingerprint density at radius 1 is 1.07 bits per heavy atom. The van der Waals surface area contributed by atoms with E-state index in [2.05, 4.69) is 5.32 Å². The molecule has 3 aliphatic rings. The van der Waals surface area contributed by atoms with Crippen LogP contribution in [0.4, 0.5) is 5.69 Å². The molecule has 2 saturated heterocycles. The zero-order valence-electron chi connectivity index (χ0n) is 23.5. The molecule has 0 bridgehead atoms. The van der Waals surface area contributed by atoms with E-state index in [0.717, 1.165) is 5.56 Å². The highest BCUT2D eigenvalue weighted by atomic mass is 32.2. The third-order valence-corrected chi connectivity index (χ3v) is 9.74. The molecule has 43 heavy (non-hydrogen) atoms. The van der Waals surface area contributed by atoms with E-state index in [1.807, 2.05) is 17.9 Å². The maximum absolute atomic E-state index is 13.6. The number of carboxylic acids is 2. The monoisotopic (exact) mass is 608 g/mol. The number of amides is 3. The van der Waals surface area contributed by atoms with Gasteiger partial charge in [-0.3, -0.25) is 19.3 Å². The Bertz CT molecular complexity index is 1540. The summed E-state index contributed by atoms with van der Waals surface area (Å²) in [5.41, 5.74) is 6.80. The smallest absolute Gasteiger partial charge is 0.353 e. The first kappa shape index (κ1) is 30.3. The number of anilines is 1. The maximum atomic E-state index is 13.6. The second-order valence-electron chi connectivity index (χ2n) is 11.1. The number of likely N-dealkylation sites (tertiary alicyclic amines) is 1. The van der Waals surface area contributed by atoms with Crippen molar-refractivity contribution in [3.63, 3.8) is 0 Å². The van der Waals surface area contributed by atoms with Crippen LogP contribution in [0.5, 0.6) is 0 Å². The van der Waals surface area contributed by atoms with E-state index in [-0.39, 0.29) is 28.3 Å². The summed E-state index contributed by atoms with van der Waals surface area (Å²) in [6, 6.07) is 11.6. The topological polar surface area (TPSA) is 191 Å². The standard InChI is InChI=1S/C30H32N4O8S/c1-14-23-22(15(2)35)28(38)34(23)24(30(41)42)25(14)43-20-11-21(27(37)32-19-8-4-7-18(10-19)29(39)40)33(13-20)12-16-5-3-6-17(9-16)26(31)36/h3-10,14-15,20-23,35H,11-13H2,1-2H3,(H2,31,36)(H,32,37)(H,39,40)(H,41,42)/t14-,15-,20+,21+,22-,23-/m1/s1. The number of nitrogens with zero attached hydrogens (tertiary/aromatic N) is 2. The Hall–Kier alpha value is -4.20. The maximum Gasteiger partial charge on any atom is 0.353 e. The fourth-order valence-electron chi connectivity index (χ4n) is 6.27. The third-order valence-electron chi connectivity index (χ3n) is 8.25. The van der Waals surface area contributed by atoms with Gasteiger partial charge in [0.1, 0.15) is 5.70 Å². The number of hydrogen-bond acceptors (Lipinski definition) is 8. The Kier molecular flexibility index (Phi) is 8.32. The van der Waals surface area contributed by atoms with Crippen molar-refractivity contribution in [1.82, 2.24) is 9.80 Å². The van der Waals surface area contributed by atoms with Crippen LogP contribution in [-0.4, -0.2) is 84.8 Å². The number of aliphatic hydroxyl groups is 1. The lowest BCUT2D eigenvalue weighted by Crippen LogP contribution is -2.63. The lowest BCUT2D eigenvalue weighted by Gasteiger charge is -2.46. The van der Waals surface area contributed by atoms with Gasteiger partial charge < -0.3 is 31.3 Å². The van der Waals surface area contributed by atoms with E-state index < -0.39 is 47.9 Å². The number of nitrogens with two attached hydrogens (primary N) is 1. The van der Waals surface area contributed by atoms with Gasteiger partial charge in [-0.1, -0.05) is 25.1 Å². The van der Waals surface area contributed by atoms with Crippen molar-refractivity contribution in [1.29, 1.82) is 0 Å². The number of thioether (sulfide) groups is 1. The number of hydrogen-bond donors (Lipinski definition) is 5. The van der Waals surface area contributed by atoms with Crippen molar-refractivity contribution in [3.8, 4) is 0 Å². The Morgan fingerprint density at radius 3 is 2.42 bits per heavy atom. The number of primary amides is 1. The molecule has 0 saturated carbocycles. The van der Waals surface area contributed by atoms with E-state index in [9.17, 15) is 39.3 Å². The van der Waals surface area contributed by atoms with Gasteiger partial charge in [-0.25, -0.2) is 9.59 Å². The fraction of sp³-hybridized carbons (Fsp3) is 0.367. The Morgan fingerprint density at radius 2 is 1.77 bits per heavy atom. The summed E-state index contributed by atoms with van der Waals surface area (Å²) in [6.45, 7) is 4.05. The highest BCUT2D eigenvalue weighted by Crippen LogP contribution is 2.52. The number of fused-ring (bicyclic) bond motifs is 1. The fourth-order valence-corrected chi connectivity index (χ4v) is 7.82. The van der Waals surface area contributed by atoms with E-state index in [4.69, 9.17) is 5.73 Å². The molecule has 6 atom stereocenters. The van der Waals surface area contributed by atoms with E-state index in [1.165, 1.54) is 41.8 Å². The molecule has 5 rings (SSSR count). The number of aromatic carboxylic acids is 1. The lowest BCUT2D eigenvalue weighted by atomic mass is 9.79. The van der Waals surface area contributed by atoms with Gasteiger partial charge in [0.2, 0.25) is 17.7 Å². The predicted molar refractivity (Wildman–Crippen MR) is 157 cm³/mol. The number of carbonyl (C=O) groups excluding carboxylic acids is 3. The molecule has 226 valence electrons. The Balaban J connectivity index is 1.41. The van der Waals surface area contributed by atoms with Crippen LogP contribution in [0.2, 0.25) is 0 Å². The first-order valence-corrected chi connectivity index (χ1v) is 14.7. The van der Waals surface area contributed by atoms with Crippen LogP contribution in [0.15, 0.2) is 59.1 Å². The first-order chi connectivity index (χ1) is 20.4. The molecule has 0 aliphatic carbocycles. The third kappa shape index (κ3) is 5.75. The van der Waals surface area contributed by atoms with Crippen LogP contribution in [0.1, 0.15) is 46.5 Å². The molecule has 0 aromatic heterocycles. The summed E-state index contributed by atoms with van der Waals surface area (Å²) in [7, 11) is 0. The molecule has 3 heterocycles.